The van der Waals surface area contributed by atoms with Crippen molar-refractivity contribution in [3.8, 4) is 0 Å². The second kappa shape index (κ2) is 5.19. The van der Waals surface area contributed by atoms with Crippen LogP contribution in [-0.4, -0.2) is 31.1 Å². The summed E-state index contributed by atoms with van der Waals surface area (Å²) in [7, 11) is 0. The first kappa shape index (κ1) is 11.9. The number of nitrogens with one attached hydrogen (secondary N) is 1. The Morgan fingerprint density at radius 1 is 1.37 bits per heavy atom. The van der Waals surface area contributed by atoms with Crippen LogP contribution in [0.3, 0.4) is 0 Å². The Kier molecular flexibility index (Phi) is 3.24. The van der Waals surface area contributed by atoms with Crippen LogP contribution >= 0.6 is 11.6 Å². The van der Waals surface area contributed by atoms with Crippen molar-refractivity contribution in [2.45, 2.75) is 6.42 Å². The SMILES string of the molecule is Clc1cc(NCCc2cccnc2)n2ncnc2n1. The van der Waals surface area contributed by atoms with Crippen LogP contribution in [0.15, 0.2) is 36.9 Å². The molecule has 0 amide bonds. The molecule has 0 bridgehead atoms. The highest BCUT2D eigenvalue weighted by Gasteiger charge is 2.05. The highest BCUT2D eigenvalue weighted by Crippen LogP contribution is 2.14. The van der Waals surface area contributed by atoms with E-state index in [1.807, 2.05) is 18.3 Å². The van der Waals surface area contributed by atoms with Gasteiger partial charge in [-0.3, -0.25) is 4.98 Å². The molecule has 0 aliphatic carbocycles. The fraction of sp³-hybridized carbons (Fsp3) is 0.167. The van der Waals surface area contributed by atoms with E-state index >= 15 is 0 Å². The summed E-state index contributed by atoms with van der Waals surface area (Å²) in [6.45, 7) is 0.751. The van der Waals surface area contributed by atoms with Gasteiger partial charge in [0.2, 0.25) is 0 Å². The molecular weight excluding hydrogens is 264 g/mol. The maximum absolute atomic E-state index is 5.93. The summed E-state index contributed by atoms with van der Waals surface area (Å²) < 4.78 is 1.62. The predicted molar refractivity (Wildman–Crippen MR) is 72.2 cm³/mol. The molecule has 0 fully saturated rings. The first-order valence-electron chi connectivity index (χ1n) is 5.82. The van der Waals surface area contributed by atoms with Crippen molar-refractivity contribution < 1.29 is 0 Å². The summed E-state index contributed by atoms with van der Waals surface area (Å²) in [5, 5.41) is 7.76. The number of halogens is 1. The Labute approximate surface area is 114 Å². The standard InChI is InChI=1S/C12H11ClN6/c13-10-6-11(19-12(18-10)16-8-17-19)15-5-3-9-2-1-4-14-7-9/h1-2,4,6-8,15H,3,5H2. The zero-order chi connectivity index (χ0) is 13.1. The Hall–Kier alpha value is -2.21. The molecule has 3 aromatic rings. The summed E-state index contributed by atoms with van der Waals surface area (Å²) in [6, 6.07) is 5.69. The van der Waals surface area contributed by atoms with Gasteiger partial charge in [-0.25, -0.2) is 0 Å². The van der Waals surface area contributed by atoms with Gasteiger partial charge in [-0.05, 0) is 18.1 Å². The Balaban J connectivity index is 1.73. The molecule has 0 unspecified atom stereocenters. The lowest BCUT2D eigenvalue weighted by molar-refractivity contribution is 0.911. The van der Waals surface area contributed by atoms with Gasteiger partial charge >= 0.3 is 0 Å². The number of nitrogens with zero attached hydrogens (tertiary/aromatic N) is 5. The Morgan fingerprint density at radius 3 is 3.16 bits per heavy atom. The minimum atomic E-state index is 0.393. The monoisotopic (exact) mass is 274 g/mol. The van der Waals surface area contributed by atoms with Crippen molar-refractivity contribution >= 4 is 23.2 Å². The van der Waals surface area contributed by atoms with E-state index in [4.69, 9.17) is 11.6 Å². The maximum Gasteiger partial charge on any atom is 0.255 e. The molecule has 0 saturated heterocycles. The largest absolute Gasteiger partial charge is 0.369 e. The number of hydrogen-bond donors (Lipinski definition) is 1. The van der Waals surface area contributed by atoms with E-state index in [1.165, 1.54) is 11.9 Å². The molecule has 3 heterocycles. The van der Waals surface area contributed by atoms with E-state index in [0.717, 1.165) is 18.8 Å². The smallest absolute Gasteiger partial charge is 0.255 e. The van der Waals surface area contributed by atoms with Gasteiger partial charge < -0.3 is 5.32 Å². The number of aromatic nitrogens is 5. The zero-order valence-corrected chi connectivity index (χ0v) is 10.7. The lowest BCUT2D eigenvalue weighted by atomic mass is 10.2. The molecule has 7 heteroatoms. The van der Waals surface area contributed by atoms with Crippen molar-refractivity contribution in [2.24, 2.45) is 0 Å². The molecule has 0 radical (unpaired) electrons. The fourth-order valence-electron chi connectivity index (χ4n) is 1.79. The third-order valence-electron chi connectivity index (χ3n) is 2.66. The van der Waals surface area contributed by atoms with Crippen LogP contribution in [-0.2, 0) is 6.42 Å². The van der Waals surface area contributed by atoms with Gasteiger partial charge in [0, 0.05) is 25.0 Å². The number of hydrogen-bond acceptors (Lipinski definition) is 5. The molecule has 0 aromatic carbocycles. The van der Waals surface area contributed by atoms with Gasteiger partial charge in [-0.15, -0.1) is 0 Å². The molecule has 19 heavy (non-hydrogen) atoms. The van der Waals surface area contributed by atoms with Crippen molar-refractivity contribution in [3.63, 3.8) is 0 Å². The van der Waals surface area contributed by atoms with E-state index in [1.54, 1.807) is 16.8 Å². The van der Waals surface area contributed by atoms with Crippen LogP contribution in [0.25, 0.3) is 5.78 Å². The van der Waals surface area contributed by atoms with Crippen LogP contribution in [0.4, 0.5) is 5.82 Å². The summed E-state index contributed by atoms with van der Waals surface area (Å²) in [4.78, 5) is 12.2. The predicted octanol–water partition coefficient (Wildman–Crippen LogP) is 1.83. The van der Waals surface area contributed by atoms with Crippen LogP contribution in [0.1, 0.15) is 5.56 Å². The number of rotatable bonds is 4. The highest BCUT2D eigenvalue weighted by atomic mass is 35.5. The first-order valence-corrected chi connectivity index (χ1v) is 6.20. The molecule has 1 N–H and O–H groups in total. The van der Waals surface area contributed by atoms with Gasteiger partial charge in [-0.1, -0.05) is 17.7 Å². The molecule has 0 aliphatic heterocycles. The first-order chi connectivity index (χ1) is 9.33. The van der Waals surface area contributed by atoms with Crippen LogP contribution < -0.4 is 5.32 Å². The van der Waals surface area contributed by atoms with Gasteiger partial charge in [0.1, 0.15) is 17.3 Å². The summed E-state index contributed by atoms with van der Waals surface area (Å²) in [5.74, 6) is 1.26. The third-order valence-corrected chi connectivity index (χ3v) is 2.86. The minimum Gasteiger partial charge on any atom is -0.369 e. The average Bonchev–Trinajstić information content (AvgIpc) is 2.88. The van der Waals surface area contributed by atoms with Crippen LogP contribution in [0.5, 0.6) is 0 Å². The number of pyridine rings is 1. The van der Waals surface area contributed by atoms with Crippen LogP contribution in [0.2, 0.25) is 5.15 Å². The molecular formula is C12H11ClN6. The molecule has 3 aromatic heterocycles. The molecule has 0 atom stereocenters. The lowest BCUT2D eigenvalue weighted by Crippen LogP contribution is -2.09. The summed E-state index contributed by atoms with van der Waals surface area (Å²) in [5.41, 5.74) is 1.17. The number of anilines is 1. The van der Waals surface area contributed by atoms with Crippen molar-refractivity contribution in [3.05, 3.63) is 47.6 Å². The minimum absolute atomic E-state index is 0.393. The molecule has 96 valence electrons. The second-order valence-corrected chi connectivity index (χ2v) is 4.36. The van der Waals surface area contributed by atoms with Gasteiger partial charge in [-0.2, -0.15) is 19.6 Å². The van der Waals surface area contributed by atoms with E-state index in [2.05, 4.69) is 25.4 Å². The average molecular weight is 275 g/mol. The summed E-state index contributed by atoms with van der Waals surface area (Å²) in [6.07, 6.45) is 5.93. The molecule has 0 saturated carbocycles. The highest BCUT2D eigenvalue weighted by molar-refractivity contribution is 6.29. The normalized spacial score (nSPS) is 10.8. The zero-order valence-electron chi connectivity index (χ0n) is 9.99. The van der Waals surface area contributed by atoms with Gasteiger partial charge in [0.25, 0.3) is 5.78 Å². The van der Waals surface area contributed by atoms with Crippen molar-refractivity contribution in [1.29, 1.82) is 0 Å². The quantitative estimate of drug-likeness (QED) is 0.735. The fourth-order valence-corrected chi connectivity index (χ4v) is 1.97. The topological polar surface area (TPSA) is 68.0 Å². The van der Waals surface area contributed by atoms with Crippen LogP contribution in [0, 0.1) is 0 Å². The molecule has 6 nitrogen and oxygen atoms in total. The van der Waals surface area contributed by atoms with Crippen molar-refractivity contribution in [2.75, 3.05) is 11.9 Å². The lowest BCUT2D eigenvalue weighted by Gasteiger charge is -2.07. The molecule has 0 spiro atoms. The Bertz CT molecular complexity index is 681. The van der Waals surface area contributed by atoms with E-state index in [0.29, 0.717) is 10.9 Å². The second-order valence-electron chi connectivity index (χ2n) is 3.97. The maximum atomic E-state index is 5.93. The van der Waals surface area contributed by atoms with Crippen molar-refractivity contribution in [1.82, 2.24) is 24.6 Å². The number of fused-ring (bicyclic) bond motifs is 1. The summed E-state index contributed by atoms with van der Waals surface area (Å²) >= 11 is 5.93. The van der Waals surface area contributed by atoms with E-state index in [9.17, 15) is 0 Å². The molecule has 3 rings (SSSR count). The van der Waals surface area contributed by atoms with Gasteiger partial charge in [0.15, 0.2) is 0 Å². The van der Waals surface area contributed by atoms with Gasteiger partial charge in [0.05, 0.1) is 0 Å². The van der Waals surface area contributed by atoms with E-state index < -0.39 is 0 Å². The van der Waals surface area contributed by atoms with E-state index in [-0.39, 0.29) is 0 Å². The molecule has 0 aliphatic rings. The third kappa shape index (κ3) is 2.63. The Morgan fingerprint density at radius 2 is 2.32 bits per heavy atom.